The van der Waals surface area contributed by atoms with E-state index in [1.807, 2.05) is 36.1 Å². The van der Waals surface area contributed by atoms with Crippen LogP contribution in [0.1, 0.15) is 35.9 Å². The fourth-order valence-corrected chi connectivity index (χ4v) is 3.05. The van der Waals surface area contributed by atoms with Crippen LogP contribution in [0, 0.1) is 6.92 Å². The van der Waals surface area contributed by atoms with Crippen molar-refractivity contribution in [1.29, 1.82) is 0 Å². The van der Waals surface area contributed by atoms with Gasteiger partial charge in [0, 0.05) is 12.7 Å². The molecule has 1 saturated heterocycles. The molecular weight excluding hydrogens is 268 g/mol. The molecule has 5 heteroatoms. The Kier molecular flexibility index (Phi) is 3.75. The Balaban J connectivity index is 2.05. The monoisotopic (exact) mass is 286 g/mol. The van der Waals surface area contributed by atoms with E-state index >= 15 is 0 Å². The lowest BCUT2D eigenvalue weighted by atomic mass is 10.0. The van der Waals surface area contributed by atoms with Crippen LogP contribution >= 0.6 is 0 Å². The van der Waals surface area contributed by atoms with Gasteiger partial charge < -0.3 is 9.52 Å². The van der Waals surface area contributed by atoms with Crippen LogP contribution in [-0.4, -0.2) is 33.5 Å². The standard InChI is InChI=1S/C16H18N2O3/c1-11-5-2-8-17-14(11)15(13-7-4-10-21-13)18-9-3-6-12(18)16(19)20/h2,4-5,7-8,10,12,15H,3,6,9H2,1H3,(H,19,20). The SMILES string of the molecule is Cc1cccnc1C(c1ccco1)N1CCCC1C(=O)O. The molecule has 2 aromatic rings. The summed E-state index contributed by atoms with van der Waals surface area (Å²) in [6.07, 6.45) is 4.90. The molecule has 110 valence electrons. The van der Waals surface area contributed by atoms with Crippen LogP contribution in [0.25, 0.3) is 0 Å². The van der Waals surface area contributed by atoms with Crippen LogP contribution in [0.5, 0.6) is 0 Å². The molecule has 3 heterocycles. The molecule has 1 aliphatic rings. The summed E-state index contributed by atoms with van der Waals surface area (Å²) in [5.74, 6) is -0.0393. The molecule has 0 radical (unpaired) electrons. The molecule has 0 aromatic carbocycles. The molecule has 5 nitrogen and oxygen atoms in total. The summed E-state index contributed by atoms with van der Waals surface area (Å²) in [6.45, 7) is 2.72. The molecule has 1 N–H and O–H groups in total. The van der Waals surface area contributed by atoms with Gasteiger partial charge in [-0.2, -0.15) is 0 Å². The van der Waals surface area contributed by atoms with E-state index in [2.05, 4.69) is 4.98 Å². The average Bonchev–Trinajstić information content (AvgIpc) is 3.13. The van der Waals surface area contributed by atoms with Crippen molar-refractivity contribution in [2.24, 2.45) is 0 Å². The summed E-state index contributed by atoms with van der Waals surface area (Å²) in [5, 5.41) is 9.45. The predicted molar refractivity (Wildman–Crippen MR) is 76.9 cm³/mol. The van der Waals surface area contributed by atoms with Crippen LogP contribution < -0.4 is 0 Å². The lowest BCUT2D eigenvalue weighted by molar-refractivity contribution is -0.142. The summed E-state index contributed by atoms with van der Waals surface area (Å²) in [5.41, 5.74) is 1.90. The quantitative estimate of drug-likeness (QED) is 0.935. The number of hydrogen-bond donors (Lipinski definition) is 1. The van der Waals surface area contributed by atoms with E-state index in [1.165, 1.54) is 0 Å². The first-order valence-corrected chi connectivity index (χ1v) is 7.12. The van der Waals surface area contributed by atoms with Crippen molar-refractivity contribution in [3.8, 4) is 0 Å². The van der Waals surface area contributed by atoms with Gasteiger partial charge >= 0.3 is 5.97 Å². The van der Waals surface area contributed by atoms with Gasteiger partial charge in [-0.05, 0) is 43.5 Å². The molecule has 1 aliphatic heterocycles. The fourth-order valence-electron chi connectivity index (χ4n) is 3.05. The van der Waals surface area contributed by atoms with Crippen molar-refractivity contribution in [3.05, 3.63) is 53.7 Å². The number of carboxylic acid groups (broad SMARTS) is 1. The maximum atomic E-state index is 11.5. The highest BCUT2D eigenvalue weighted by Crippen LogP contribution is 2.35. The minimum Gasteiger partial charge on any atom is -0.480 e. The van der Waals surface area contributed by atoms with E-state index in [9.17, 15) is 9.90 Å². The van der Waals surface area contributed by atoms with Crippen LogP contribution in [0.15, 0.2) is 41.1 Å². The van der Waals surface area contributed by atoms with Gasteiger partial charge in [0.2, 0.25) is 0 Å². The van der Waals surface area contributed by atoms with Crippen LogP contribution in [0.2, 0.25) is 0 Å². The lowest BCUT2D eigenvalue weighted by Crippen LogP contribution is -2.39. The number of hydrogen-bond acceptors (Lipinski definition) is 4. The van der Waals surface area contributed by atoms with E-state index in [1.54, 1.807) is 12.5 Å². The average molecular weight is 286 g/mol. The second-order valence-electron chi connectivity index (χ2n) is 5.36. The second kappa shape index (κ2) is 5.69. The number of carbonyl (C=O) groups is 1. The van der Waals surface area contributed by atoms with Crippen molar-refractivity contribution in [3.63, 3.8) is 0 Å². The molecule has 2 unspecified atom stereocenters. The van der Waals surface area contributed by atoms with Gasteiger partial charge in [0.1, 0.15) is 17.8 Å². The zero-order chi connectivity index (χ0) is 14.8. The van der Waals surface area contributed by atoms with Crippen molar-refractivity contribution in [2.45, 2.75) is 31.8 Å². The molecule has 0 saturated carbocycles. The fraction of sp³-hybridized carbons (Fsp3) is 0.375. The predicted octanol–water partition coefficient (Wildman–Crippen LogP) is 2.62. The van der Waals surface area contributed by atoms with Crippen molar-refractivity contribution in [2.75, 3.05) is 6.54 Å². The molecule has 1 fully saturated rings. The van der Waals surface area contributed by atoms with Crippen molar-refractivity contribution < 1.29 is 14.3 Å². The molecule has 3 rings (SSSR count). The van der Waals surface area contributed by atoms with Crippen LogP contribution in [-0.2, 0) is 4.79 Å². The Hall–Kier alpha value is -2.14. The van der Waals surface area contributed by atoms with Gasteiger partial charge in [-0.1, -0.05) is 6.07 Å². The highest BCUT2D eigenvalue weighted by molar-refractivity contribution is 5.74. The maximum absolute atomic E-state index is 11.5. The van der Waals surface area contributed by atoms with E-state index < -0.39 is 12.0 Å². The van der Waals surface area contributed by atoms with Gasteiger partial charge in [0.15, 0.2) is 0 Å². The number of aromatic nitrogens is 1. The van der Waals surface area contributed by atoms with E-state index in [4.69, 9.17) is 4.42 Å². The third-order valence-corrected chi connectivity index (χ3v) is 4.03. The molecular formula is C16H18N2O3. The normalized spacial score (nSPS) is 20.5. The minimum absolute atomic E-state index is 0.246. The molecule has 0 aliphatic carbocycles. The Morgan fingerprint density at radius 1 is 1.48 bits per heavy atom. The van der Waals surface area contributed by atoms with Crippen LogP contribution in [0.3, 0.4) is 0 Å². The maximum Gasteiger partial charge on any atom is 0.320 e. The first kappa shape index (κ1) is 13.8. The van der Waals surface area contributed by atoms with Gasteiger partial charge in [-0.15, -0.1) is 0 Å². The highest BCUT2D eigenvalue weighted by atomic mass is 16.4. The largest absolute Gasteiger partial charge is 0.480 e. The molecule has 2 aromatic heterocycles. The van der Waals surface area contributed by atoms with Gasteiger partial charge in [-0.25, -0.2) is 0 Å². The zero-order valence-corrected chi connectivity index (χ0v) is 11.9. The Morgan fingerprint density at radius 3 is 3.00 bits per heavy atom. The Bertz CT molecular complexity index is 624. The Morgan fingerprint density at radius 2 is 2.33 bits per heavy atom. The first-order chi connectivity index (χ1) is 10.2. The third kappa shape index (κ3) is 2.56. The minimum atomic E-state index is -0.780. The first-order valence-electron chi connectivity index (χ1n) is 7.12. The van der Waals surface area contributed by atoms with Gasteiger partial charge in [0.25, 0.3) is 0 Å². The number of furan rings is 1. The number of likely N-dealkylation sites (tertiary alicyclic amines) is 1. The molecule has 0 bridgehead atoms. The Labute approximate surface area is 123 Å². The topological polar surface area (TPSA) is 66.6 Å². The molecule has 21 heavy (non-hydrogen) atoms. The number of nitrogens with zero attached hydrogens (tertiary/aromatic N) is 2. The van der Waals surface area contributed by atoms with Crippen molar-refractivity contribution >= 4 is 5.97 Å². The number of aryl methyl sites for hydroxylation is 1. The molecule has 0 spiro atoms. The van der Waals surface area contributed by atoms with Gasteiger partial charge in [-0.3, -0.25) is 14.7 Å². The number of rotatable bonds is 4. The number of pyridine rings is 1. The summed E-state index contributed by atoms with van der Waals surface area (Å²) in [7, 11) is 0. The molecule has 2 atom stereocenters. The van der Waals surface area contributed by atoms with Crippen LogP contribution in [0.4, 0.5) is 0 Å². The summed E-state index contributed by atoms with van der Waals surface area (Å²) < 4.78 is 5.57. The summed E-state index contributed by atoms with van der Waals surface area (Å²) >= 11 is 0. The highest BCUT2D eigenvalue weighted by Gasteiger charge is 2.39. The van der Waals surface area contributed by atoms with E-state index in [0.29, 0.717) is 6.42 Å². The van der Waals surface area contributed by atoms with Crippen molar-refractivity contribution in [1.82, 2.24) is 9.88 Å². The van der Waals surface area contributed by atoms with E-state index in [-0.39, 0.29) is 6.04 Å². The smallest absolute Gasteiger partial charge is 0.320 e. The second-order valence-corrected chi connectivity index (χ2v) is 5.36. The summed E-state index contributed by atoms with van der Waals surface area (Å²) in [6, 6.07) is 6.86. The van der Waals surface area contributed by atoms with Gasteiger partial charge in [0.05, 0.1) is 12.0 Å². The summed E-state index contributed by atoms with van der Waals surface area (Å²) in [4.78, 5) is 18.0. The number of carboxylic acids is 1. The lowest BCUT2D eigenvalue weighted by Gasteiger charge is -2.30. The third-order valence-electron chi connectivity index (χ3n) is 4.03. The zero-order valence-electron chi connectivity index (χ0n) is 11.9. The van der Waals surface area contributed by atoms with E-state index in [0.717, 1.165) is 30.0 Å². The molecule has 0 amide bonds. The number of aliphatic carboxylic acids is 1.